The van der Waals surface area contributed by atoms with Crippen molar-refractivity contribution in [3.63, 3.8) is 0 Å². The zero-order valence-electron chi connectivity index (χ0n) is 10.3. The zero-order chi connectivity index (χ0) is 13.0. The molecular weight excluding hydrogens is 252 g/mol. The lowest BCUT2D eigenvalue weighted by molar-refractivity contribution is -0.124. The molecule has 0 aliphatic heterocycles. The molecule has 3 N–H and O–H groups in total. The number of carbonyl (C=O) groups is 1. The standard InChI is InChI=1S/C12H18N2OS2/c1-7(2)10(11(13)16)12(15)14-6-9-5-4-8(3)17-9/h4-5,7,10H,6H2,1-3H3,(H2,13,16)(H,14,15). The Morgan fingerprint density at radius 1 is 1.53 bits per heavy atom. The smallest absolute Gasteiger partial charge is 0.230 e. The highest BCUT2D eigenvalue weighted by atomic mass is 32.1. The van der Waals surface area contributed by atoms with Gasteiger partial charge in [-0.25, -0.2) is 0 Å². The molecule has 3 nitrogen and oxygen atoms in total. The fourth-order valence-electron chi connectivity index (χ4n) is 1.62. The molecule has 1 rings (SSSR count). The number of thiophene rings is 1. The van der Waals surface area contributed by atoms with Crippen LogP contribution < -0.4 is 11.1 Å². The number of aryl methyl sites for hydroxylation is 1. The van der Waals surface area contributed by atoms with Gasteiger partial charge in [-0.2, -0.15) is 0 Å². The Bertz CT molecular complexity index is 412. The van der Waals surface area contributed by atoms with Gasteiger partial charge in [-0.3, -0.25) is 4.79 Å². The van der Waals surface area contributed by atoms with Crippen LogP contribution in [0, 0.1) is 18.8 Å². The predicted octanol–water partition coefficient (Wildman–Crippen LogP) is 2.23. The second-order valence-electron chi connectivity index (χ2n) is 4.35. The summed E-state index contributed by atoms with van der Waals surface area (Å²) in [7, 11) is 0. The topological polar surface area (TPSA) is 55.1 Å². The maximum atomic E-state index is 11.9. The number of nitrogens with two attached hydrogens (primary N) is 1. The third-order valence-electron chi connectivity index (χ3n) is 2.49. The Labute approximate surface area is 111 Å². The normalized spacial score (nSPS) is 12.5. The summed E-state index contributed by atoms with van der Waals surface area (Å²) < 4.78 is 0. The number of thiocarbonyl (C=S) groups is 1. The molecule has 1 aromatic heterocycles. The van der Waals surface area contributed by atoms with Crippen LogP contribution >= 0.6 is 23.6 Å². The molecule has 1 aromatic rings. The minimum Gasteiger partial charge on any atom is -0.393 e. The number of hydrogen-bond acceptors (Lipinski definition) is 3. The molecule has 1 unspecified atom stereocenters. The highest BCUT2D eigenvalue weighted by molar-refractivity contribution is 7.80. The minimum atomic E-state index is -0.383. The van der Waals surface area contributed by atoms with Crippen LogP contribution in [-0.4, -0.2) is 10.9 Å². The summed E-state index contributed by atoms with van der Waals surface area (Å²) in [6.45, 7) is 6.47. The maximum Gasteiger partial charge on any atom is 0.230 e. The lowest BCUT2D eigenvalue weighted by atomic mass is 9.95. The summed E-state index contributed by atoms with van der Waals surface area (Å²) in [6, 6.07) is 4.06. The SMILES string of the molecule is Cc1ccc(CNC(=O)C(C(N)=S)C(C)C)s1. The van der Waals surface area contributed by atoms with E-state index < -0.39 is 0 Å². The molecule has 0 saturated heterocycles. The van der Waals surface area contributed by atoms with Crippen LogP contribution in [0.2, 0.25) is 0 Å². The minimum absolute atomic E-state index is 0.0847. The van der Waals surface area contributed by atoms with E-state index in [2.05, 4.69) is 5.32 Å². The van der Waals surface area contributed by atoms with Crippen LogP contribution in [0.5, 0.6) is 0 Å². The van der Waals surface area contributed by atoms with E-state index >= 15 is 0 Å². The fourth-order valence-corrected chi connectivity index (χ4v) is 2.83. The molecule has 0 aromatic carbocycles. The number of amides is 1. The van der Waals surface area contributed by atoms with E-state index in [0.29, 0.717) is 6.54 Å². The predicted molar refractivity (Wildman–Crippen MR) is 76.0 cm³/mol. The van der Waals surface area contributed by atoms with E-state index in [9.17, 15) is 4.79 Å². The van der Waals surface area contributed by atoms with Gasteiger partial charge in [0.25, 0.3) is 0 Å². The van der Waals surface area contributed by atoms with Crippen LogP contribution in [0.4, 0.5) is 0 Å². The van der Waals surface area contributed by atoms with Crippen molar-refractivity contribution in [3.05, 3.63) is 21.9 Å². The van der Waals surface area contributed by atoms with E-state index in [1.54, 1.807) is 11.3 Å². The first-order valence-corrected chi connectivity index (χ1v) is 6.76. The third kappa shape index (κ3) is 4.09. The Balaban J connectivity index is 2.56. The number of nitrogens with one attached hydrogen (secondary N) is 1. The average molecular weight is 270 g/mol. The van der Waals surface area contributed by atoms with Crippen molar-refractivity contribution in [2.45, 2.75) is 27.3 Å². The number of rotatable bonds is 5. The highest BCUT2D eigenvalue weighted by Gasteiger charge is 2.24. The van der Waals surface area contributed by atoms with Gasteiger partial charge in [0, 0.05) is 9.75 Å². The molecule has 0 bridgehead atoms. The quantitative estimate of drug-likeness (QED) is 0.807. The largest absolute Gasteiger partial charge is 0.393 e. The van der Waals surface area contributed by atoms with Gasteiger partial charge in [0.05, 0.1) is 17.5 Å². The maximum absolute atomic E-state index is 11.9. The Morgan fingerprint density at radius 3 is 2.59 bits per heavy atom. The van der Waals surface area contributed by atoms with E-state index in [-0.39, 0.29) is 22.7 Å². The molecule has 0 radical (unpaired) electrons. The molecule has 5 heteroatoms. The van der Waals surface area contributed by atoms with Crippen molar-refractivity contribution >= 4 is 34.5 Å². The van der Waals surface area contributed by atoms with Crippen LogP contribution in [0.1, 0.15) is 23.6 Å². The Morgan fingerprint density at radius 2 is 2.18 bits per heavy atom. The molecular formula is C12H18N2OS2. The molecule has 0 aliphatic carbocycles. The molecule has 0 saturated carbocycles. The summed E-state index contributed by atoms with van der Waals surface area (Å²) in [5, 5.41) is 2.88. The number of carbonyl (C=O) groups excluding carboxylic acids is 1. The Hall–Kier alpha value is -0.940. The second-order valence-corrected chi connectivity index (χ2v) is 6.20. The van der Waals surface area contributed by atoms with Crippen molar-refractivity contribution in [1.29, 1.82) is 0 Å². The van der Waals surface area contributed by atoms with Crippen molar-refractivity contribution < 1.29 is 4.79 Å². The molecule has 0 fully saturated rings. The lowest BCUT2D eigenvalue weighted by Gasteiger charge is -2.18. The summed E-state index contributed by atoms with van der Waals surface area (Å²) in [6.07, 6.45) is 0. The van der Waals surface area contributed by atoms with Crippen LogP contribution in [0.25, 0.3) is 0 Å². The van der Waals surface area contributed by atoms with Gasteiger partial charge in [-0.1, -0.05) is 26.1 Å². The molecule has 1 heterocycles. The van der Waals surface area contributed by atoms with Crippen LogP contribution in [0.15, 0.2) is 12.1 Å². The monoisotopic (exact) mass is 270 g/mol. The molecule has 0 spiro atoms. The van der Waals surface area contributed by atoms with Crippen molar-refractivity contribution in [1.82, 2.24) is 5.32 Å². The zero-order valence-corrected chi connectivity index (χ0v) is 12.0. The average Bonchev–Trinajstić information content (AvgIpc) is 2.60. The molecule has 0 aliphatic rings. The van der Waals surface area contributed by atoms with Crippen molar-refractivity contribution in [2.75, 3.05) is 0 Å². The Kier molecular flexibility index (Phi) is 5.08. The highest BCUT2D eigenvalue weighted by Crippen LogP contribution is 2.16. The van der Waals surface area contributed by atoms with E-state index in [1.807, 2.05) is 32.9 Å². The van der Waals surface area contributed by atoms with E-state index in [4.69, 9.17) is 18.0 Å². The summed E-state index contributed by atoms with van der Waals surface area (Å²) in [5.74, 6) is -0.345. The summed E-state index contributed by atoms with van der Waals surface area (Å²) >= 11 is 6.60. The molecule has 17 heavy (non-hydrogen) atoms. The van der Waals surface area contributed by atoms with Crippen molar-refractivity contribution in [2.24, 2.45) is 17.6 Å². The van der Waals surface area contributed by atoms with Gasteiger partial charge < -0.3 is 11.1 Å². The van der Waals surface area contributed by atoms with Crippen LogP contribution in [0.3, 0.4) is 0 Å². The first-order valence-electron chi connectivity index (χ1n) is 5.54. The van der Waals surface area contributed by atoms with E-state index in [1.165, 1.54) is 4.88 Å². The van der Waals surface area contributed by atoms with Gasteiger partial charge >= 0.3 is 0 Å². The van der Waals surface area contributed by atoms with E-state index in [0.717, 1.165) is 4.88 Å². The lowest BCUT2D eigenvalue weighted by Crippen LogP contribution is -2.40. The summed E-state index contributed by atoms with van der Waals surface area (Å²) in [4.78, 5) is 14.6. The molecule has 1 amide bonds. The first kappa shape index (κ1) is 14.1. The fraction of sp³-hybridized carbons (Fsp3) is 0.500. The molecule has 94 valence electrons. The third-order valence-corrected chi connectivity index (χ3v) is 3.74. The van der Waals surface area contributed by atoms with Gasteiger partial charge in [-0.05, 0) is 25.0 Å². The van der Waals surface area contributed by atoms with Gasteiger partial charge in [-0.15, -0.1) is 11.3 Å². The first-order chi connectivity index (χ1) is 7.91. The van der Waals surface area contributed by atoms with Crippen LogP contribution in [-0.2, 0) is 11.3 Å². The van der Waals surface area contributed by atoms with Crippen molar-refractivity contribution in [3.8, 4) is 0 Å². The number of hydrogen-bond donors (Lipinski definition) is 2. The van der Waals surface area contributed by atoms with Gasteiger partial charge in [0.1, 0.15) is 0 Å². The second kappa shape index (κ2) is 6.12. The van der Waals surface area contributed by atoms with Gasteiger partial charge in [0.2, 0.25) is 5.91 Å². The van der Waals surface area contributed by atoms with Gasteiger partial charge in [0.15, 0.2) is 0 Å². The summed E-state index contributed by atoms with van der Waals surface area (Å²) in [5.41, 5.74) is 5.58. The molecule has 1 atom stereocenters.